The van der Waals surface area contributed by atoms with Gasteiger partial charge in [-0.2, -0.15) is 8.78 Å². The van der Waals surface area contributed by atoms with Crippen LogP contribution < -0.4 is 9.64 Å². The average Bonchev–Trinajstić information content (AvgIpc) is 3.05. The number of nitrogens with zero attached hydrogens (tertiary/aromatic N) is 2. The summed E-state index contributed by atoms with van der Waals surface area (Å²) in [7, 11) is 0. The van der Waals surface area contributed by atoms with Crippen molar-refractivity contribution in [1.82, 2.24) is 4.98 Å². The van der Waals surface area contributed by atoms with Gasteiger partial charge in [0.05, 0.1) is 22.8 Å². The molecule has 0 aliphatic heterocycles. The number of aryl methyl sites for hydroxylation is 1. The lowest BCUT2D eigenvalue weighted by molar-refractivity contribution is -0.0501. The maximum absolute atomic E-state index is 13.3. The van der Waals surface area contributed by atoms with Crippen LogP contribution in [-0.2, 0) is 6.54 Å². The Bertz CT molecular complexity index is 929. The Morgan fingerprint density at radius 3 is 2.52 bits per heavy atom. The summed E-state index contributed by atoms with van der Waals surface area (Å²) in [5.41, 5.74) is 1.04. The van der Waals surface area contributed by atoms with Crippen LogP contribution in [0.5, 0.6) is 5.75 Å². The van der Waals surface area contributed by atoms with Crippen LogP contribution in [0.3, 0.4) is 0 Å². The molecule has 0 bridgehead atoms. The van der Waals surface area contributed by atoms with Crippen molar-refractivity contribution >= 4 is 22.9 Å². The molecular formula is C19H15F3N2O2S. The Morgan fingerprint density at radius 1 is 1.19 bits per heavy atom. The molecule has 1 aromatic heterocycles. The highest BCUT2D eigenvalue weighted by molar-refractivity contribution is 7.09. The maximum atomic E-state index is 13.3. The second-order valence-corrected chi connectivity index (χ2v) is 6.66. The Kier molecular flexibility index (Phi) is 5.75. The van der Waals surface area contributed by atoms with E-state index in [1.54, 1.807) is 11.4 Å². The summed E-state index contributed by atoms with van der Waals surface area (Å²) in [6.45, 7) is -1.11. The van der Waals surface area contributed by atoms with Gasteiger partial charge in [-0.1, -0.05) is 12.1 Å². The molecule has 0 fully saturated rings. The van der Waals surface area contributed by atoms with Crippen LogP contribution in [-0.4, -0.2) is 17.5 Å². The summed E-state index contributed by atoms with van der Waals surface area (Å²) in [4.78, 5) is 18.8. The van der Waals surface area contributed by atoms with E-state index in [9.17, 15) is 18.0 Å². The van der Waals surface area contributed by atoms with Gasteiger partial charge in [-0.15, -0.1) is 11.3 Å². The number of alkyl halides is 2. The number of halogens is 3. The standard InChI is InChI=1S/C19H15F3N2O2S/c1-12-23-14(11-27-12)10-24(15-8-6-13(20)7-9-15)18(25)16-4-2-3-5-17(16)26-19(21)22/h2-9,11,19H,10H2,1H3. The molecule has 0 radical (unpaired) electrons. The molecule has 0 saturated carbocycles. The summed E-state index contributed by atoms with van der Waals surface area (Å²) in [5.74, 6) is -1.22. The predicted octanol–water partition coefficient (Wildman–Crippen LogP) is 5.04. The number of amides is 1. The van der Waals surface area contributed by atoms with Crippen molar-refractivity contribution in [3.63, 3.8) is 0 Å². The highest BCUT2D eigenvalue weighted by atomic mass is 32.1. The molecule has 1 amide bonds. The lowest BCUT2D eigenvalue weighted by Gasteiger charge is -2.23. The zero-order chi connectivity index (χ0) is 19.4. The Labute approximate surface area is 157 Å². The minimum absolute atomic E-state index is 0.0194. The number of ether oxygens (including phenoxy) is 1. The van der Waals surface area contributed by atoms with Crippen molar-refractivity contribution in [1.29, 1.82) is 0 Å². The number of hydrogen-bond donors (Lipinski definition) is 0. The second kappa shape index (κ2) is 8.22. The van der Waals surface area contributed by atoms with Crippen LogP contribution in [0, 0.1) is 12.7 Å². The molecule has 27 heavy (non-hydrogen) atoms. The van der Waals surface area contributed by atoms with Crippen LogP contribution in [0.1, 0.15) is 21.1 Å². The van der Waals surface area contributed by atoms with Crippen LogP contribution >= 0.6 is 11.3 Å². The summed E-state index contributed by atoms with van der Waals surface area (Å²) in [5, 5.41) is 2.64. The molecule has 1 heterocycles. The smallest absolute Gasteiger partial charge is 0.387 e. The van der Waals surface area contributed by atoms with E-state index in [2.05, 4.69) is 9.72 Å². The number of rotatable bonds is 6. The third kappa shape index (κ3) is 4.65. The van der Waals surface area contributed by atoms with Crippen molar-refractivity contribution in [3.05, 3.63) is 76.0 Å². The number of aromatic nitrogens is 1. The highest BCUT2D eigenvalue weighted by Crippen LogP contribution is 2.26. The van der Waals surface area contributed by atoms with Gasteiger partial charge in [-0.25, -0.2) is 9.37 Å². The van der Waals surface area contributed by atoms with E-state index in [0.29, 0.717) is 11.4 Å². The molecule has 3 rings (SSSR count). The van der Waals surface area contributed by atoms with Gasteiger partial charge in [-0.3, -0.25) is 4.79 Å². The molecule has 0 unspecified atom stereocenters. The first kappa shape index (κ1) is 18.9. The zero-order valence-corrected chi connectivity index (χ0v) is 15.1. The molecule has 0 aliphatic rings. The number of benzene rings is 2. The molecule has 4 nitrogen and oxygen atoms in total. The maximum Gasteiger partial charge on any atom is 0.387 e. The van der Waals surface area contributed by atoms with Gasteiger partial charge < -0.3 is 9.64 Å². The van der Waals surface area contributed by atoms with E-state index in [0.717, 1.165) is 5.01 Å². The van der Waals surface area contributed by atoms with Crippen molar-refractivity contribution < 1.29 is 22.7 Å². The summed E-state index contributed by atoms with van der Waals surface area (Å²) in [6.07, 6.45) is 0. The third-order valence-electron chi connectivity index (χ3n) is 3.70. The summed E-state index contributed by atoms with van der Waals surface area (Å²) in [6, 6.07) is 11.1. The minimum atomic E-state index is -3.06. The van der Waals surface area contributed by atoms with Crippen LogP contribution in [0.15, 0.2) is 53.9 Å². The number of thiazole rings is 1. The lowest BCUT2D eigenvalue weighted by atomic mass is 10.1. The average molecular weight is 392 g/mol. The molecular weight excluding hydrogens is 377 g/mol. The van der Waals surface area contributed by atoms with Crippen LogP contribution in [0.2, 0.25) is 0 Å². The fraction of sp³-hybridized carbons (Fsp3) is 0.158. The van der Waals surface area contributed by atoms with Crippen LogP contribution in [0.25, 0.3) is 0 Å². The van der Waals surface area contributed by atoms with E-state index in [4.69, 9.17) is 0 Å². The first-order chi connectivity index (χ1) is 12.9. The van der Waals surface area contributed by atoms with Gasteiger partial charge in [0.15, 0.2) is 0 Å². The quantitative estimate of drug-likeness (QED) is 0.590. The van der Waals surface area contributed by atoms with E-state index >= 15 is 0 Å². The van der Waals surface area contributed by atoms with E-state index in [-0.39, 0.29) is 17.9 Å². The number of para-hydroxylation sites is 1. The van der Waals surface area contributed by atoms with Crippen molar-refractivity contribution in [2.24, 2.45) is 0 Å². The normalized spacial score (nSPS) is 10.9. The second-order valence-electron chi connectivity index (χ2n) is 5.60. The molecule has 2 aromatic carbocycles. The number of carbonyl (C=O) groups excluding carboxylic acids is 1. The molecule has 8 heteroatoms. The van der Waals surface area contributed by atoms with E-state index in [1.807, 2.05) is 6.92 Å². The molecule has 3 aromatic rings. The van der Waals surface area contributed by atoms with E-state index in [1.165, 1.54) is 58.7 Å². The van der Waals surface area contributed by atoms with Gasteiger partial charge in [0.1, 0.15) is 11.6 Å². The Balaban J connectivity index is 1.99. The van der Waals surface area contributed by atoms with Gasteiger partial charge in [0, 0.05) is 11.1 Å². The van der Waals surface area contributed by atoms with E-state index < -0.39 is 18.3 Å². The largest absolute Gasteiger partial charge is 0.434 e. The molecule has 140 valence electrons. The zero-order valence-electron chi connectivity index (χ0n) is 14.2. The lowest BCUT2D eigenvalue weighted by Crippen LogP contribution is -2.31. The van der Waals surface area contributed by atoms with Gasteiger partial charge in [0.2, 0.25) is 0 Å². The van der Waals surface area contributed by atoms with Crippen LogP contribution in [0.4, 0.5) is 18.9 Å². The summed E-state index contributed by atoms with van der Waals surface area (Å²) >= 11 is 1.43. The van der Waals surface area contributed by atoms with Crippen molar-refractivity contribution in [2.75, 3.05) is 4.90 Å². The first-order valence-corrected chi connectivity index (χ1v) is 8.84. The molecule has 0 spiro atoms. The summed E-state index contributed by atoms with van der Waals surface area (Å²) < 4.78 is 43.1. The monoisotopic (exact) mass is 392 g/mol. The van der Waals surface area contributed by atoms with Crippen molar-refractivity contribution in [3.8, 4) is 5.75 Å². The molecule has 0 N–H and O–H groups in total. The number of carbonyl (C=O) groups is 1. The molecule has 0 atom stereocenters. The number of anilines is 1. The third-order valence-corrected chi connectivity index (χ3v) is 4.53. The van der Waals surface area contributed by atoms with Gasteiger partial charge in [-0.05, 0) is 43.3 Å². The SMILES string of the molecule is Cc1nc(CN(C(=O)c2ccccc2OC(F)F)c2ccc(F)cc2)cs1. The molecule has 0 aliphatic carbocycles. The fourth-order valence-corrected chi connectivity index (χ4v) is 3.14. The Hall–Kier alpha value is -2.87. The fourth-order valence-electron chi connectivity index (χ4n) is 2.53. The van der Waals surface area contributed by atoms with Gasteiger partial charge in [0.25, 0.3) is 5.91 Å². The topological polar surface area (TPSA) is 42.4 Å². The molecule has 0 saturated heterocycles. The van der Waals surface area contributed by atoms with Crippen molar-refractivity contribution in [2.45, 2.75) is 20.1 Å². The predicted molar refractivity (Wildman–Crippen MR) is 96.8 cm³/mol. The first-order valence-electron chi connectivity index (χ1n) is 7.96. The van der Waals surface area contributed by atoms with Gasteiger partial charge >= 0.3 is 6.61 Å². The minimum Gasteiger partial charge on any atom is -0.434 e. The highest BCUT2D eigenvalue weighted by Gasteiger charge is 2.23. The Morgan fingerprint density at radius 2 is 1.89 bits per heavy atom. The number of hydrogen-bond acceptors (Lipinski definition) is 4.